The van der Waals surface area contributed by atoms with Crippen LogP contribution in [0.25, 0.3) is 11.3 Å². The Bertz CT molecular complexity index is 844. The number of fused-ring (bicyclic) bond motifs is 6. The standard InChI is InChI=1S/C21H24F2N/c1-5-18-20(6-2)15-11-14(22)12-16(23)19(15)17-10-8-9-13(4)24(17)21(18,20)7-3/h8-12,18H,5-7H2,1-4H3/q+1. The number of pyridine rings is 1. The van der Waals surface area contributed by atoms with Gasteiger partial charge in [0.2, 0.25) is 5.69 Å². The van der Waals surface area contributed by atoms with E-state index in [1.54, 1.807) is 6.07 Å². The minimum atomic E-state index is -0.466. The van der Waals surface area contributed by atoms with Crippen LogP contribution in [-0.2, 0) is 11.0 Å². The van der Waals surface area contributed by atoms with Crippen molar-refractivity contribution < 1.29 is 13.3 Å². The fraction of sp³-hybridized carbons (Fsp3) is 0.476. The first-order chi connectivity index (χ1) is 11.5. The van der Waals surface area contributed by atoms with Crippen LogP contribution in [0.15, 0.2) is 30.3 Å². The fourth-order valence-corrected chi connectivity index (χ4v) is 6.12. The highest BCUT2D eigenvalue weighted by atomic mass is 19.1. The van der Waals surface area contributed by atoms with Gasteiger partial charge >= 0.3 is 0 Å². The summed E-state index contributed by atoms with van der Waals surface area (Å²) in [5.41, 5.74) is 3.29. The lowest BCUT2D eigenvalue weighted by molar-refractivity contribution is -0.744. The molecule has 1 nitrogen and oxygen atoms in total. The van der Waals surface area contributed by atoms with Crippen LogP contribution < -0.4 is 4.57 Å². The second kappa shape index (κ2) is 4.87. The summed E-state index contributed by atoms with van der Waals surface area (Å²) in [6.45, 7) is 8.67. The molecule has 0 bridgehead atoms. The van der Waals surface area contributed by atoms with Crippen molar-refractivity contribution in [2.45, 2.75) is 57.9 Å². The second-order valence-corrected chi connectivity index (χ2v) is 7.26. The summed E-state index contributed by atoms with van der Waals surface area (Å²) in [5.74, 6) is -0.497. The number of hydrogen-bond acceptors (Lipinski definition) is 0. The normalized spacial score (nSPS) is 29.7. The molecule has 2 aliphatic rings. The molecular formula is C21H24F2N+. The number of aromatic nitrogens is 1. The number of halogens is 2. The molecule has 1 aliphatic carbocycles. The Balaban J connectivity index is 2.19. The van der Waals surface area contributed by atoms with Gasteiger partial charge in [-0.15, -0.1) is 0 Å². The Morgan fingerprint density at radius 1 is 1.08 bits per heavy atom. The maximum absolute atomic E-state index is 14.8. The summed E-state index contributed by atoms with van der Waals surface area (Å²) in [6, 6.07) is 8.66. The summed E-state index contributed by atoms with van der Waals surface area (Å²) >= 11 is 0. The third-order valence-electron chi connectivity index (χ3n) is 6.74. The highest BCUT2D eigenvalue weighted by Crippen LogP contribution is 2.73. The Labute approximate surface area is 142 Å². The van der Waals surface area contributed by atoms with Crippen molar-refractivity contribution in [2.24, 2.45) is 5.92 Å². The molecule has 24 heavy (non-hydrogen) atoms. The van der Waals surface area contributed by atoms with Crippen molar-refractivity contribution in [3.8, 4) is 11.3 Å². The van der Waals surface area contributed by atoms with Crippen LogP contribution in [0.2, 0.25) is 0 Å². The van der Waals surface area contributed by atoms with E-state index in [1.807, 2.05) is 12.1 Å². The molecule has 3 unspecified atom stereocenters. The Morgan fingerprint density at radius 2 is 1.83 bits per heavy atom. The largest absolute Gasteiger partial charge is 0.216 e. The van der Waals surface area contributed by atoms with Gasteiger partial charge in [-0.1, -0.05) is 20.8 Å². The van der Waals surface area contributed by atoms with Gasteiger partial charge < -0.3 is 0 Å². The van der Waals surface area contributed by atoms with Crippen molar-refractivity contribution in [1.29, 1.82) is 0 Å². The first-order valence-electron chi connectivity index (χ1n) is 9.01. The highest BCUT2D eigenvalue weighted by Gasteiger charge is 2.84. The molecule has 0 spiro atoms. The summed E-state index contributed by atoms with van der Waals surface area (Å²) in [4.78, 5) is 0. The average Bonchev–Trinajstić information content (AvgIpc) is 3.18. The maximum atomic E-state index is 14.8. The smallest absolute Gasteiger partial charge is 0.207 e. The van der Waals surface area contributed by atoms with Gasteiger partial charge in [-0.2, -0.15) is 4.57 Å². The van der Waals surface area contributed by atoms with Gasteiger partial charge in [0.15, 0.2) is 11.2 Å². The van der Waals surface area contributed by atoms with Gasteiger partial charge in [-0.3, -0.25) is 0 Å². The molecule has 1 aromatic heterocycles. The molecule has 0 N–H and O–H groups in total. The van der Waals surface area contributed by atoms with E-state index in [4.69, 9.17) is 0 Å². The zero-order valence-corrected chi connectivity index (χ0v) is 14.8. The minimum Gasteiger partial charge on any atom is -0.207 e. The van der Waals surface area contributed by atoms with Crippen LogP contribution >= 0.6 is 0 Å². The van der Waals surface area contributed by atoms with Gasteiger partial charge in [-0.25, -0.2) is 8.78 Å². The number of benzene rings is 1. The number of hydrogen-bond donors (Lipinski definition) is 0. The predicted molar refractivity (Wildman–Crippen MR) is 90.7 cm³/mol. The third kappa shape index (κ3) is 1.47. The van der Waals surface area contributed by atoms with Crippen molar-refractivity contribution >= 4 is 0 Å². The lowest BCUT2D eigenvalue weighted by atomic mass is 9.79. The molecular weight excluding hydrogens is 304 g/mol. The maximum Gasteiger partial charge on any atom is 0.216 e. The lowest BCUT2D eigenvalue weighted by Crippen LogP contribution is -2.57. The molecule has 1 fully saturated rings. The van der Waals surface area contributed by atoms with E-state index in [-0.39, 0.29) is 11.0 Å². The fourth-order valence-electron chi connectivity index (χ4n) is 6.12. The van der Waals surface area contributed by atoms with E-state index in [9.17, 15) is 8.78 Å². The van der Waals surface area contributed by atoms with Crippen LogP contribution in [0.5, 0.6) is 0 Å². The average molecular weight is 328 g/mol. The van der Waals surface area contributed by atoms with Crippen molar-refractivity contribution in [3.05, 3.63) is 53.2 Å². The van der Waals surface area contributed by atoms with E-state index < -0.39 is 11.6 Å². The zero-order valence-electron chi connectivity index (χ0n) is 14.8. The molecule has 1 saturated carbocycles. The molecule has 1 aromatic carbocycles. The first-order valence-corrected chi connectivity index (χ1v) is 9.01. The first kappa shape index (κ1) is 15.7. The predicted octanol–water partition coefficient (Wildman–Crippen LogP) is 5.03. The van der Waals surface area contributed by atoms with E-state index in [0.29, 0.717) is 11.5 Å². The van der Waals surface area contributed by atoms with E-state index in [2.05, 4.69) is 38.3 Å². The summed E-state index contributed by atoms with van der Waals surface area (Å²) < 4.78 is 31.3. The monoisotopic (exact) mass is 328 g/mol. The van der Waals surface area contributed by atoms with Crippen molar-refractivity contribution in [3.63, 3.8) is 0 Å². The second-order valence-electron chi connectivity index (χ2n) is 7.26. The molecule has 3 atom stereocenters. The SMILES string of the molecule is CCC1C2(CC)c3cc(F)cc(F)c3-c3cccc(C)[n+]3C12CC. The van der Waals surface area contributed by atoms with Gasteiger partial charge in [0.1, 0.15) is 11.6 Å². The Morgan fingerprint density at radius 3 is 2.46 bits per heavy atom. The van der Waals surface area contributed by atoms with E-state index in [0.717, 1.165) is 42.3 Å². The van der Waals surface area contributed by atoms with E-state index in [1.165, 1.54) is 0 Å². The van der Waals surface area contributed by atoms with Gasteiger partial charge in [-0.05, 0) is 30.5 Å². The highest BCUT2D eigenvalue weighted by molar-refractivity contribution is 5.69. The van der Waals surface area contributed by atoms with Crippen LogP contribution in [0.1, 0.15) is 51.3 Å². The zero-order chi connectivity index (χ0) is 17.3. The number of rotatable bonds is 3. The van der Waals surface area contributed by atoms with Crippen LogP contribution in [0.3, 0.4) is 0 Å². The minimum absolute atomic E-state index is 0.0651. The van der Waals surface area contributed by atoms with Gasteiger partial charge in [0, 0.05) is 37.5 Å². The molecule has 0 radical (unpaired) electrons. The van der Waals surface area contributed by atoms with Crippen LogP contribution in [-0.4, -0.2) is 0 Å². The number of aryl methyl sites for hydroxylation is 1. The summed E-state index contributed by atoms with van der Waals surface area (Å²) in [7, 11) is 0. The molecule has 2 heterocycles. The summed E-state index contributed by atoms with van der Waals surface area (Å²) in [6.07, 6.45) is 2.88. The lowest BCUT2D eigenvalue weighted by Gasteiger charge is -2.29. The Kier molecular flexibility index (Phi) is 3.20. The third-order valence-corrected chi connectivity index (χ3v) is 6.74. The molecule has 1 aliphatic heterocycles. The molecule has 126 valence electrons. The molecule has 3 heteroatoms. The molecule has 0 saturated heterocycles. The van der Waals surface area contributed by atoms with Gasteiger partial charge in [0.25, 0.3) is 0 Å². The summed E-state index contributed by atoms with van der Waals surface area (Å²) in [5, 5.41) is 0. The van der Waals surface area contributed by atoms with E-state index >= 15 is 0 Å². The van der Waals surface area contributed by atoms with Crippen LogP contribution in [0, 0.1) is 24.5 Å². The molecule has 2 aromatic rings. The quantitative estimate of drug-likeness (QED) is 0.696. The topological polar surface area (TPSA) is 3.88 Å². The van der Waals surface area contributed by atoms with Crippen LogP contribution in [0.4, 0.5) is 8.78 Å². The Hall–Kier alpha value is -1.77. The van der Waals surface area contributed by atoms with Crippen molar-refractivity contribution in [1.82, 2.24) is 0 Å². The van der Waals surface area contributed by atoms with Gasteiger partial charge in [0.05, 0.1) is 11.0 Å². The molecule has 4 rings (SSSR count). The number of nitrogens with zero attached hydrogens (tertiary/aromatic N) is 1. The van der Waals surface area contributed by atoms with Crippen molar-refractivity contribution in [2.75, 3.05) is 0 Å². The molecule has 0 amide bonds.